The number of methoxy groups -OCH3 is 1. The lowest BCUT2D eigenvalue weighted by molar-refractivity contribution is 0.418. The van der Waals surface area contributed by atoms with E-state index in [0.717, 1.165) is 6.42 Å². The molecule has 0 bridgehead atoms. The number of ether oxygens (including phenoxy) is 1. The summed E-state index contributed by atoms with van der Waals surface area (Å²) in [6.45, 7) is 2.00. The Kier molecular flexibility index (Phi) is 3.41. The lowest BCUT2D eigenvalue weighted by Crippen LogP contribution is -1.99. The molecule has 0 aliphatic rings. The van der Waals surface area contributed by atoms with Crippen LogP contribution in [0.3, 0.4) is 0 Å². The van der Waals surface area contributed by atoms with Gasteiger partial charge in [-0.05, 0) is 23.9 Å². The number of phenolic OH excluding ortho intramolecular Hbond substituents is 1. The fraction of sp³-hybridized carbons (Fsp3) is 0.235. The van der Waals surface area contributed by atoms with Gasteiger partial charge in [-0.2, -0.15) is 0 Å². The van der Waals surface area contributed by atoms with Gasteiger partial charge in [-0.25, -0.2) is 0 Å². The second kappa shape index (κ2) is 5.26. The van der Waals surface area contributed by atoms with E-state index in [1.165, 1.54) is 31.4 Å². The molecule has 1 aromatic heterocycles. The van der Waals surface area contributed by atoms with Crippen molar-refractivity contribution in [2.24, 2.45) is 0 Å². The molecule has 0 unspecified atom stereocenters. The number of phenols is 1. The molecule has 0 amide bonds. The fourth-order valence-corrected chi connectivity index (χ4v) is 2.69. The van der Waals surface area contributed by atoms with Crippen LogP contribution in [0, 0.1) is 0 Å². The first-order chi connectivity index (χ1) is 10.5. The van der Waals surface area contributed by atoms with Crippen LogP contribution in [0.15, 0.2) is 33.5 Å². The topological polar surface area (TPSA) is 79.9 Å². The van der Waals surface area contributed by atoms with Crippen molar-refractivity contribution < 1.29 is 19.4 Å². The van der Waals surface area contributed by atoms with E-state index < -0.39 is 0 Å². The Morgan fingerprint density at radius 3 is 2.50 bits per heavy atom. The Bertz CT molecular complexity index is 924. The first-order valence-electron chi connectivity index (χ1n) is 7.04. The molecule has 0 fully saturated rings. The molecule has 0 atom stereocenters. The summed E-state index contributed by atoms with van der Waals surface area (Å²) in [7, 11) is 1.46. The molecule has 2 aromatic carbocycles. The van der Waals surface area contributed by atoms with Crippen LogP contribution in [-0.4, -0.2) is 17.3 Å². The van der Waals surface area contributed by atoms with E-state index in [1.54, 1.807) is 0 Å². The molecule has 5 heteroatoms. The predicted molar refractivity (Wildman–Crippen MR) is 83.9 cm³/mol. The number of rotatable bonds is 3. The SMILES string of the molecule is CCCc1cc(O)c2c(O)cc3cc(=O)cc(OC)c3c2o1. The molecule has 0 aliphatic carbocycles. The van der Waals surface area contributed by atoms with E-state index in [9.17, 15) is 15.0 Å². The van der Waals surface area contributed by atoms with Crippen LogP contribution in [0.1, 0.15) is 19.1 Å². The van der Waals surface area contributed by atoms with E-state index in [1.807, 2.05) is 6.92 Å². The minimum absolute atomic E-state index is 0.0580. The van der Waals surface area contributed by atoms with Gasteiger partial charge in [0, 0.05) is 18.6 Å². The first-order valence-corrected chi connectivity index (χ1v) is 7.04. The Labute approximate surface area is 126 Å². The molecule has 22 heavy (non-hydrogen) atoms. The molecule has 0 saturated carbocycles. The maximum absolute atomic E-state index is 11.7. The molecular weight excluding hydrogens is 284 g/mol. The molecule has 5 nitrogen and oxygen atoms in total. The summed E-state index contributed by atoms with van der Waals surface area (Å²) in [4.78, 5) is 11.7. The highest BCUT2D eigenvalue weighted by Gasteiger charge is 2.17. The maximum Gasteiger partial charge on any atom is 0.182 e. The zero-order valence-corrected chi connectivity index (χ0v) is 12.3. The third-order valence-electron chi connectivity index (χ3n) is 3.61. The Morgan fingerprint density at radius 1 is 1.09 bits per heavy atom. The van der Waals surface area contributed by atoms with Crippen LogP contribution in [0.2, 0.25) is 0 Å². The molecule has 2 N–H and O–H groups in total. The first kappa shape index (κ1) is 14.3. The van der Waals surface area contributed by atoms with Gasteiger partial charge in [0.2, 0.25) is 0 Å². The highest BCUT2D eigenvalue weighted by atomic mass is 16.5. The lowest BCUT2D eigenvalue weighted by atomic mass is 10.0. The number of fused-ring (bicyclic) bond motifs is 3. The Balaban J connectivity index is 2.54. The summed E-state index contributed by atoms with van der Waals surface area (Å²) in [6.07, 6.45) is 1.51. The number of hydrogen-bond acceptors (Lipinski definition) is 5. The van der Waals surface area contributed by atoms with Crippen LogP contribution in [-0.2, 0) is 6.42 Å². The van der Waals surface area contributed by atoms with Crippen molar-refractivity contribution >= 4 is 21.7 Å². The average Bonchev–Trinajstić information content (AvgIpc) is 2.45. The van der Waals surface area contributed by atoms with Crippen molar-refractivity contribution in [2.45, 2.75) is 19.8 Å². The fourth-order valence-electron chi connectivity index (χ4n) is 2.69. The lowest BCUT2D eigenvalue weighted by Gasteiger charge is -2.12. The predicted octanol–water partition coefficient (Wildman–Crippen LogP) is 3.32. The zero-order valence-electron chi connectivity index (χ0n) is 12.3. The third kappa shape index (κ3) is 2.15. The summed E-state index contributed by atoms with van der Waals surface area (Å²) >= 11 is 0. The van der Waals surface area contributed by atoms with Crippen LogP contribution >= 0.6 is 0 Å². The minimum Gasteiger partial charge on any atom is -0.507 e. The molecule has 0 spiro atoms. The average molecular weight is 300 g/mol. The summed E-state index contributed by atoms with van der Waals surface area (Å²) in [5.41, 5.74) is 0.0901. The molecule has 1 heterocycles. The molecule has 114 valence electrons. The van der Waals surface area contributed by atoms with Crippen LogP contribution in [0.25, 0.3) is 21.7 Å². The second-order valence-electron chi connectivity index (χ2n) is 5.17. The number of aromatic hydroxyl groups is 2. The van der Waals surface area contributed by atoms with Crippen molar-refractivity contribution in [2.75, 3.05) is 7.11 Å². The molecule has 0 saturated heterocycles. The van der Waals surface area contributed by atoms with Crippen molar-refractivity contribution in [1.82, 2.24) is 0 Å². The summed E-state index contributed by atoms with van der Waals surface area (Å²) in [6, 6.07) is 5.69. The van der Waals surface area contributed by atoms with Gasteiger partial charge < -0.3 is 19.4 Å². The molecule has 0 radical (unpaired) electrons. The molecule has 3 aromatic rings. The maximum atomic E-state index is 11.7. The standard InChI is InChI=1S/C17H16O5/c1-3-4-11-8-13(20)16-12(19)6-9-5-10(18)7-14(21-2)15(9)17(16)22-11/h5-8,19-20H,3-4H2,1-2H3. The van der Waals surface area contributed by atoms with Crippen molar-refractivity contribution in [3.8, 4) is 17.2 Å². The van der Waals surface area contributed by atoms with E-state index in [4.69, 9.17) is 9.15 Å². The normalized spacial score (nSPS) is 11.2. The quantitative estimate of drug-likeness (QED) is 0.725. The van der Waals surface area contributed by atoms with Gasteiger partial charge in [-0.15, -0.1) is 0 Å². The highest BCUT2D eigenvalue weighted by Crippen LogP contribution is 2.41. The number of aryl methyl sites for hydroxylation is 1. The van der Waals surface area contributed by atoms with E-state index in [2.05, 4.69) is 0 Å². The van der Waals surface area contributed by atoms with Crippen molar-refractivity contribution in [3.63, 3.8) is 0 Å². The van der Waals surface area contributed by atoms with Gasteiger partial charge in [0.15, 0.2) is 11.0 Å². The largest absolute Gasteiger partial charge is 0.507 e. The van der Waals surface area contributed by atoms with Gasteiger partial charge in [-0.1, -0.05) is 6.92 Å². The minimum atomic E-state index is -0.225. The van der Waals surface area contributed by atoms with E-state index in [-0.39, 0.29) is 22.3 Å². The van der Waals surface area contributed by atoms with Gasteiger partial charge >= 0.3 is 0 Å². The Morgan fingerprint density at radius 2 is 1.82 bits per heavy atom. The van der Waals surface area contributed by atoms with E-state index in [0.29, 0.717) is 34.3 Å². The van der Waals surface area contributed by atoms with E-state index >= 15 is 0 Å². The smallest absolute Gasteiger partial charge is 0.182 e. The van der Waals surface area contributed by atoms with Crippen LogP contribution in [0.4, 0.5) is 0 Å². The highest BCUT2D eigenvalue weighted by molar-refractivity contribution is 6.11. The zero-order chi connectivity index (χ0) is 15.9. The molecule has 0 aliphatic heterocycles. The van der Waals surface area contributed by atoms with Crippen molar-refractivity contribution in [1.29, 1.82) is 0 Å². The summed E-state index contributed by atoms with van der Waals surface area (Å²) in [5.74, 6) is 0.758. The summed E-state index contributed by atoms with van der Waals surface area (Å²) in [5, 5.41) is 21.7. The third-order valence-corrected chi connectivity index (χ3v) is 3.61. The molecule has 3 rings (SSSR count). The summed E-state index contributed by atoms with van der Waals surface area (Å²) < 4.78 is 11.1. The second-order valence-corrected chi connectivity index (χ2v) is 5.17. The van der Waals surface area contributed by atoms with Gasteiger partial charge in [-0.3, -0.25) is 4.79 Å². The Hall–Kier alpha value is -2.69. The van der Waals surface area contributed by atoms with Crippen molar-refractivity contribution in [3.05, 3.63) is 40.2 Å². The van der Waals surface area contributed by atoms with Crippen LogP contribution in [0.5, 0.6) is 17.2 Å². The monoisotopic (exact) mass is 300 g/mol. The van der Waals surface area contributed by atoms with Crippen LogP contribution < -0.4 is 10.2 Å². The number of hydrogen-bond donors (Lipinski definition) is 2. The van der Waals surface area contributed by atoms with Gasteiger partial charge in [0.1, 0.15) is 28.4 Å². The molecular formula is C17H16O5. The number of benzene rings is 2. The van der Waals surface area contributed by atoms with Gasteiger partial charge in [0.25, 0.3) is 0 Å². The van der Waals surface area contributed by atoms with Gasteiger partial charge in [0.05, 0.1) is 12.5 Å².